The Balaban J connectivity index is 1.66. The summed E-state index contributed by atoms with van der Waals surface area (Å²) in [5, 5.41) is 10.6. The van der Waals surface area contributed by atoms with Crippen LogP contribution < -0.4 is 5.32 Å². The number of sulfone groups is 1. The average Bonchev–Trinajstić information content (AvgIpc) is 3.06. The van der Waals surface area contributed by atoms with Gasteiger partial charge in [-0.2, -0.15) is 5.10 Å². The Hall–Kier alpha value is -2.00. The SMILES string of the molecule is O=C(c1ccc2cn[nH]c2n1)N1CCN[C@@H]2CS(=O)(=O)C[C@@H]21. The third-order valence-electron chi connectivity index (χ3n) is 4.26. The van der Waals surface area contributed by atoms with Crippen LogP contribution in [0.25, 0.3) is 11.0 Å². The van der Waals surface area contributed by atoms with E-state index in [-0.39, 0.29) is 29.5 Å². The normalized spacial score (nSPS) is 27.0. The monoisotopic (exact) mass is 321 g/mol. The van der Waals surface area contributed by atoms with Crippen LogP contribution in [-0.4, -0.2) is 71.1 Å². The molecule has 0 aliphatic carbocycles. The highest BCUT2D eigenvalue weighted by molar-refractivity contribution is 7.91. The van der Waals surface area contributed by atoms with Crippen LogP contribution in [0.5, 0.6) is 0 Å². The van der Waals surface area contributed by atoms with Crippen molar-refractivity contribution in [1.29, 1.82) is 0 Å². The number of carbonyl (C=O) groups is 1. The van der Waals surface area contributed by atoms with Gasteiger partial charge in [0, 0.05) is 24.5 Å². The fourth-order valence-electron chi connectivity index (χ4n) is 3.21. The standard InChI is InChI=1S/C13H15N5O3S/c19-13(9-2-1-8-5-15-17-12(8)16-9)18-4-3-14-10-6-22(20,21)7-11(10)18/h1-2,5,10-11,14H,3-4,6-7H2,(H,15,16,17)/t10-,11+/m1/s1. The Morgan fingerprint density at radius 2 is 2.18 bits per heavy atom. The molecule has 116 valence electrons. The first-order chi connectivity index (χ1) is 10.5. The number of aromatic nitrogens is 3. The largest absolute Gasteiger partial charge is 0.330 e. The van der Waals surface area contributed by atoms with Gasteiger partial charge in [0.1, 0.15) is 5.69 Å². The minimum atomic E-state index is -3.10. The molecule has 0 bridgehead atoms. The molecule has 2 aliphatic heterocycles. The predicted octanol–water partition coefficient (Wildman–Crippen LogP) is -0.831. The third kappa shape index (κ3) is 2.17. The summed E-state index contributed by atoms with van der Waals surface area (Å²) in [6.07, 6.45) is 1.64. The summed E-state index contributed by atoms with van der Waals surface area (Å²) in [7, 11) is -3.10. The lowest BCUT2D eigenvalue weighted by Crippen LogP contribution is -2.59. The van der Waals surface area contributed by atoms with E-state index in [2.05, 4.69) is 20.5 Å². The molecule has 2 atom stereocenters. The van der Waals surface area contributed by atoms with Gasteiger partial charge in [0.05, 0.1) is 23.7 Å². The molecule has 4 rings (SSSR count). The number of pyridine rings is 1. The molecule has 0 radical (unpaired) electrons. The second-order valence-electron chi connectivity index (χ2n) is 5.71. The van der Waals surface area contributed by atoms with E-state index in [4.69, 9.17) is 0 Å². The van der Waals surface area contributed by atoms with Gasteiger partial charge >= 0.3 is 0 Å². The van der Waals surface area contributed by atoms with Gasteiger partial charge in [-0.25, -0.2) is 13.4 Å². The van der Waals surface area contributed by atoms with Crippen molar-refractivity contribution in [2.45, 2.75) is 12.1 Å². The average molecular weight is 321 g/mol. The van der Waals surface area contributed by atoms with Crippen molar-refractivity contribution in [2.24, 2.45) is 0 Å². The van der Waals surface area contributed by atoms with Gasteiger partial charge in [0.15, 0.2) is 15.5 Å². The zero-order chi connectivity index (χ0) is 15.3. The molecule has 2 saturated heterocycles. The van der Waals surface area contributed by atoms with Crippen molar-refractivity contribution >= 4 is 26.8 Å². The summed E-state index contributed by atoms with van der Waals surface area (Å²) in [6, 6.07) is 2.94. The Kier molecular flexibility index (Phi) is 2.95. The molecular formula is C13H15N5O3S. The van der Waals surface area contributed by atoms with E-state index < -0.39 is 9.84 Å². The first kappa shape index (κ1) is 13.6. The van der Waals surface area contributed by atoms with Crippen LogP contribution in [0.4, 0.5) is 0 Å². The maximum absolute atomic E-state index is 12.7. The summed E-state index contributed by atoms with van der Waals surface area (Å²) in [5.41, 5.74) is 0.860. The third-order valence-corrected chi connectivity index (χ3v) is 5.98. The molecule has 1 amide bonds. The highest BCUT2D eigenvalue weighted by atomic mass is 32.2. The topological polar surface area (TPSA) is 108 Å². The van der Waals surface area contributed by atoms with Crippen LogP contribution in [0.3, 0.4) is 0 Å². The van der Waals surface area contributed by atoms with E-state index in [0.29, 0.717) is 24.4 Å². The summed E-state index contributed by atoms with van der Waals surface area (Å²) in [4.78, 5) is 18.6. The van der Waals surface area contributed by atoms with E-state index in [1.807, 2.05) is 0 Å². The van der Waals surface area contributed by atoms with E-state index in [1.165, 1.54) is 0 Å². The number of fused-ring (bicyclic) bond motifs is 2. The molecule has 4 heterocycles. The molecule has 8 nitrogen and oxygen atoms in total. The second kappa shape index (κ2) is 4.75. The first-order valence-electron chi connectivity index (χ1n) is 7.08. The van der Waals surface area contributed by atoms with Gasteiger partial charge in [0.2, 0.25) is 0 Å². The van der Waals surface area contributed by atoms with Crippen molar-refractivity contribution in [2.75, 3.05) is 24.6 Å². The van der Waals surface area contributed by atoms with Crippen LogP contribution in [0, 0.1) is 0 Å². The molecule has 2 aromatic heterocycles. The predicted molar refractivity (Wildman–Crippen MR) is 79.2 cm³/mol. The molecule has 0 aromatic carbocycles. The van der Waals surface area contributed by atoms with Crippen LogP contribution in [-0.2, 0) is 9.84 Å². The molecule has 0 spiro atoms. The molecule has 0 saturated carbocycles. The lowest BCUT2D eigenvalue weighted by molar-refractivity contribution is 0.0616. The van der Waals surface area contributed by atoms with Crippen molar-refractivity contribution < 1.29 is 13.2 Å². The molecule has 2 fully saturated rings. The summed E-state index contributed by atoms with van der Waals surface area (Å²) < 4.78 is 23.7. The lowest BCUT2D eigenvalue weighted by Gasteiger charge is -2.37. The summed E-state index contributed by atoms with van der Waals surface area (Å²) in [6.45, 7) is 1.08. The molecular weight excluding hydrogens is 306 g/mol. The van der Waals surface area contributed by atoms with E-state index in [0.717, 1.165) is 5.39 Å². The zero-order valence-electron chi connectivity index (χ0n) is 11.7. The number of nitrogens with one attached hydrogen (secondary N) is 2. The smallest absolute Gasteiger partial charge is 0.272 e. The highest BCUT2D eigenvalue weighted by Crippen LogP contribution is 2.23. The maximum atomic E-state index is 12.7. The molecule has 2 aliphatic rings. The second-order valence-corrected chi connectivity index (χ2v) is 7.86. The Morgan fingerprint density at radius 1 is 1.32 bits per heavy atom. The van der Waals surface area contributed by atoms with Crippen LogP contribution in [0.15, 0.2) is 18.3 Å². The number of H-pyrrole nitrogens is 1. The molecule has 9 heteroatoms. The van der Waals surface area contributed by atoms with Crippen LogP contribution in [0.2, 0.25) is 0 Å². The number of piperazine rings is 1. The van der Waals surface area contributed by atoms with Gasteiger partial charge < -0.3 is 10.2 Å². The highest BCUT2D eigenvalue weighted by Gasteiger charge is 2.44. The summed E-state index contributed by atoms with van der Waals surface area (Å²) >= 11 is 0. The minimum Gasteiger partial charge on any atom is -0.330 e. The Labute approximate surface area is 126 Å². The lowest BCUT2D eigenvalue weighted by atomic mass is 10.1. The molecule has 2 aromatic rings. The van der Waals surface area contributed by atoms with Crippen molar-refractivity contribution in [3.05, 3.63) is 24.0 Å². The first-order valence-corrected chi connectivity index (χ1v) is 8.90. The number of rotatable bonds is 1. The van der Waals surface area contributed by atoms with E-state index in [9.17, 15) is 13.2 Å². The summed E-state index contributed by atoms with van der Waals surface area (Å²) in [5.74, 6) is -0.123. The van der Waals surface area contributed by atoms with Gasteiger partial charge in [-0.15, -0.1) is 0 Å². The van der Waals surface area contributed by atoms with Crippen molar-refractivity contribution in [3.63, 3.8) is 0 Å². The van der Waals surface area contributed by atoms with E-state index in [1.54, 1.807) is 23.2 Å². The van der Waals surface area contributed by atoms with E-state index >= 15 is 0 Å². The van der Waals surface area contributed by atoms with Gasteiger partial charge in [-0.05, 0) is 12.1 Å². The number of amides is 1. The quantitative estimate of drug-likeness (QED) is 0.710. The molecule has 22 heavy (non-hydrogen) atoms. The number of hydrogen-bond acceptors (Lipinski definition) is 6. The number of carbonyl (C=O) groups excluding carboxylic acids is 1. The molecule has 2 N–H and O–H groups in total. The van der Waals surface area contributed by atoms with Gasteiger partial charge in [-0.3, -0.25) is 9.89 Å². The van der Waals surface area contributed by atoms with Crippen LogP contribution >= 0.6 is 0 Å². The van der Waals surface area contributed by atoms with Gasteiger partial charge in [0.25, 0.3) is 5.91 Å². The van der Waals surface area contributed by atoms with Gasteiger partial charge in [-0.1, -0.05) is 0 Å². The van der Waals surface area contributed by atoms with Crippen LogP contribution in [0.1, 0.15) is 10.5 Å². The minimum absolute atomic E-state index is 0.0166. The van der Waals surface area contributed by atoms with Crippen molar-refractivity contribution in [3.8, 4) is 0 Å². The number of hydrogen-bond donors (Lipinski definition) is 2. The Morgan fingerprint density at radius 3 is 3.05 bits per heavy atom. The fraction of sp³-hybridized carbons (Fsp3) is 0.462. The van der Waals surface area contributed by atoms with Crippen molar-refractivity contribution in [1.82, 2.24) is 25.4 Å². The number of aromatic amines is 1. The zero-order valence-corrected chi connectivity index (χ0v) is 12.5. The molecule has 0 unspecified atom stereocenters. The number of nitrogens with zero attached hydrogens (tertiary/aromatic N) is 3. The fourth-order valence-corrected chi connectivity index (χ4v) is 5.17. The maximum Gasteiger partial charge on any atom is 0.272 e. The Bertz CT molecular complexity index is 846.